The molecule has 2 aliphatic rings. The molecule has 0 saturated carbocycles. The fraction of sp³-hybridized carbons (Fsp3) is 0.250. The minimum absolute atomic E-state index is 0.0572. The summed E-state index contributed by atoms with van der Waals surface area (Å²) in [6, 6.07) is 7.98. The van der Waals surface area contributed by atoms with Crippen LogP contribution in [0.15, 0.2) is 80.6 Å². The van der Waals surface area contributed by atoms with Gasteiger partial charge >= 0.3 is 299 Å². The Morgan fingerprint density at radius 1 is 0.667 bits per heavy atom. The molecule has 11 heteroatoms. The number of carbonyl (C=O) groups excluding carboxylic acids is 2. The number of carbonyl (C=O) groups is 2. The summed E-state index contributed by atoms with van der Waals surface area (Å²) in [6.07, 6.45) is 11.1. The second-order valence-corrected chi connectivity index (χ2v) is 18.5. The molecule has 6 rings (SSSR count). The number of esters is 2. The summed E-state index contributed by atoms with van der Waals surface area (Å²) in [6.45, 7) is 10.3. The van der Waals surface area contributed by atoms with Crippen LogP contribution in [0.5, 0.6) is 0 Å². The number of benzene rings is 2. The Morgan fingerprint density at radius 3 is 1.39 bits per heavy atom. The predicted molar refractivity (Wildman–Crippen MR) is 185 cm³/mol. The first kappa shape index (κ1) is 36.1. The monoisotopic (exact) mass is 734 g/mol. The quantitative estimate of drug-likeness (QED) is 0.0937. The number of hydrogen-bond acceptors (Lipinski definition) is 4. The van der Waals surface area contributed by atoms with Crippen LogP contribution in [0.3, 0.4) is 0 Å². The normalized spacial score (nSPS) is 13.9. The summed E-state index contributed by atoms with van der Waals surface area (Å²) in [4.78, 5) is 25.6. The third kappa shape index (κ3) is 5.78. The molecule has 0 radical (unpaired) electrons. The van der Waals surface area contributed by atoms with Gasteiger partial charge in [-0.1, -0.05) is 0 Å². The number of ether oxygens (including phenoxy) is 2. The third-order valence-electron chi connectivity index (χ3n) is 9.73. The van der Waals surface area contributed by atoms with Crippen LogP contribution in [0.1, 0.15) is 70.2 Å². The van der Waals surface area contributed by atoms with E-state index in [4.69, 9.17) is 9.47 Å². The molecule has 2 aromatic carbocycles. The van der Waals surface area contributed by atoms with Crippen molar-refractivity contribution >= 4 is 19.7 Å². The molecule has 2 heterocycles. The maximum atomic E-state index is 17.7. The van der Waals surface area contributed by atoms with Crippen LogP contribution in [0, 0.1) is 51.0 Å². The topological polar surface area (TPSA) is 62.5 Å². The fourth-order valence-electron chi connectivity index (χ4n) is 7.64. The Labute approximate surface area is 297 Å². The van der Waals surface area contributed by atoms with Gasteiger partial charge in [-0.25, -0.2) is 0 Å². The van der Waals surface area contributed by atoms with E-state index in [-0.39, 0.29) is 56.3 Å². The number of allylic oxidation sites excluding steroid dienone is 8. The molecule has 0 atom stereocenters. The van der Waals surface area contributed by atoms with Gasteiger partial charge in [-0.3, -0.25) is 0 Å². The zero-order valence-electron chi connectivity index (χ0n) is 29.3. The molecular formula is C40H38F4N2O4Ti. The van der Waals surface area contributed by atoms with Gasteiger partial charge in [-0.15, -0.1) is 0 Å². The molecule has 0 N–H and O–H groups in total. The number of halogens is 4. The van der Waals surface area contributed by atoms with Gasteiger partial charge in [0, 0.05) is 0 Å². The minimum atomic E-state index is -5.24. The molecule has 0 saturated heterocycles. The van der Waals surface area contributed by atoms with Gasteiger partial charge < -0.3 is 0 Å². The van der Waals surface area contributed by atoms with Gasteiger partial charge in [0.2, 0.25) is 0 Å². The van der Waals surface area contributed by atoms with Crippen LogP contribution < -0.4 is 7.74 Å². The van der Waals surface area contributed by atoms with Crippen LogP contribution in [-0.4, -0.2) is 34.3 Å². The van der Waals surface area contributed by atoms with Crippen molar-refractivity contribution in [2.45, 2.75) is 54.4 Å². The Bertz CT molecular complexity index is 2070. The molecule has 0 aliphatic heterocycles. The van der Waals surface area contributed by atoms with E-state index in [1.807, 2.05) is 12.2 Å². The van der Waals surface area contributed by atoms with Crippen LogP contribution in [0.4, 0.5) is 17.6 Å². The first-order valence-corrected chi connectivity index (χ1v) is 19.9. The van der Waals surface area contributed by atoms with Crippen LogP contribution in [0.25, 0.3) is 11.4 Å². The van der Waals surface area contributed by atoms with E-state index in [0.717, 1.165) is 12.1 Å². The third-order valence-corrected chi connectivity index (χ3v) is 17.7. The molecule has 0 bridgehead atoms. The van der Waals surface area contributed by atoms with Crippen LogP contribution in [-0.2, 0) is 26.1 Å². The summed E-state index contributed by atoms with van der Waals surface area (Å²) >= 11 is -5.24. The van der Waals surface area contributed by atoms with E-state index in [1.54, 1.807) is 78.0 Å². The average molecular weight is 735 g/mol. The Morgan fingerprint density at radius 2 is 1.06 bits per heavy atom. The standard InChI is InChI=1S/2C15H14F2NO2.2C5H5.Ti/c2*1-4-20-15(19)12-7-9(2)18(10(12)3)14-6-5-11(16)8-13(14)17;2*1-2-4-5-3-1;/h2*5-7H,4H2,1-3H3;2*1-3H,4H2;. The van der Waals surface area contributed by atoms with Crippen molar-refractivity contribution in [2.24, 2.45) is 0 Å². The predicted octanol–water partition coefficient (Wildman–Crippen LogP) is 8.20. The van der Waals surface area contributed by atoms with E-state index < -0.39 is 51.8 Å². The zero-order valence-corrected chi connectivity index (χ0v) is 30.9. The molecule has 2 aromatic heterocycles. The second-order valence-electron chi connectivity index (χ2n) is 12.6. The van der Waals surface area contributed by atoms with Gasteiger partial charge in [0.1, 0.15) is 0 Å². The summed E-state index contributed by atoms with van der Waals surface area (Å²) in [5.41, 5.74) is 2.06. The second kappa shape index (κ2) is 14.2. The first-order chi connectivity index (χ1) is 24.4. The molecule has 2 aliphatic carbocycles. The van der Waals surface area contributed by atoms with Crippen molar-refractivity contribution in [2.75, 3.05) is 13.2 Å². The summed E-state index contributed by atoms with van der Waals surface area (Å²) in [7, 11) is 0. The molecule has 4 aromatic rings. The van der Waals surface area contributed by atoms with E-state index >= 15 is 17.6 Å². The average Bonchev–Trinajstić information content (AvgIpc) is 3.91. The molecule has 51 heavy (non-hydrogen) atoms. The molecule has 0 spiro atoms. The Kier molecular flexibility index (Phi) is 10.0. The number of aromatic nitrogens is 2. The number of rotatable bonds is 10. The number of nitrogens with zero attached hydrogens (tertiary/aromatic N) is 2. The van der Waals surface area contributed by atoms with E-state index in [1.165, 1.54) is 21.3 Å². The van der Waals surface area contributed by atoms with Crippen molar-refractivity contribution in [3.8, 4) is 11.4 Å². The van der Waals surface area contributed by atoms with Gasteiger partial charge in [0.25, 0.3) is 0 Å². The molecule has 0 unspecified atom stereocenters. The molecule has 6 nitrogen and oxygen atoms in total. The fourth-order valence-corrected chi connectivity index (χ4v) is 15.9. The van der Waals surface area contributed by atoms with Crippen molar-refractivity contribution in [3.05, 3.63) is 138 Å². The SMILES string of the molecule is CCOC(=O)c1cc(C)n(-c2ccc(F)[c]([Ti]([C]3=CC=CC3)([C]3=CC=CC3)[c]3c(F)ccc(-n4c(C)cc(C(=O)OCC)c4C)c3F)c2F)c1C. The molecule has 0 amide bonds. The van der Waals surface area contributed by atoms with E-state index in [9.17, 15) is 9.59 Å². The Balaban J connectivity index is 1.70. The van der Waals surface area contributed by atoms with Crippen LogP contribution in [0.2, 0.25) is 0 Å². The van der Waals surface area contributed by atoms with Crippen molar-refractivity contribution in [3.63, 3.8) is 0 Å². The number of hydrogen-bond donors (Lipinski definition) is 0. The van der Waals surface area contributed by atoms with E-state index in [0.29, 0.717) is 30.5 Å². The van der Waals surface area contributed by atoms with Crippen molar-refractivity contribution < 1.29 is 53.2 Å². The Hall–Kier alpha value is -4.67. The van der Waals surface area contributed by atoms with Gasteiger partial charge in [0.15, 0.2) is 0 Å². The maximum absolute atomic E-state index is 17.7. The zero-order chi connectivity index (χ0) is 36.8. The van der Waals surface area contributed by atoms with E-state index in [2.05, 4.69) is 0 Å². The summed E-state index contributed by atoms with van der Waals surface area (Å²) in [5, 5.41) is 0. The molecule has 0 fully saturated rings. The van der Waals surface area contributed by atoms with Crippen molar-refractivity contribution in [1.29, 1.82) is 0 Å². The first-order valence-electron chi connectivity index (χ1n) is 16.8. The summed E-state index contributed by atoms with van der Waals surface area (Å²) in [5.74, 6) is -4.94. The van der Waals surface area contributed by atoms with Crippen molar-refractivity contribution in [1.82, 2.24) is 9.13 Å². The van der Waals surface area contributed by atoms with Crippen LogP contribution >= 0.6 is 0 Å². The molecule has 264 valence electrons. The van der Waals surface area contributed by atoms with Gasteiger partial charge in [-0.05, 0) is 0 Å². The van der Waals surface area contributed by atoms with Gasteiger partial charge in [-0.2, -0.15) is 0 Å². The van der Waals surface area contributed by atoms with Gasteiger partial charge in [0.05, 0.1) is 0 Å². The summed E-state index contributed by atoms with van der Waals surface area (Å²) < 4.78 is 82.7. The number of aryl methyl sites for hydroxylation is 2. The molecular weight excluding hydrogens is 696 g/mol.